The highest BCUT2D eigenvalue weighted by Crippen LogP contribution is 2.27. The van der Waals surface area contributed by atoms with E-state index in [0.29, 0.717) is 12.4 Å². The molecule has 0 aliphatic carbocycles. The van der Waals surface area contributed by atoms with Crippen LogP contribution in [0.2, 0.25) is 0 Å². The number of ether oxygens (including phenoxy) is 1. The molecule has 1 aromatic carbocycles. The van der Waals surface area contributed by atoms with E-state index in [1.807, 2.05) is 24.3 Å². The number of carboxylic acids is 1. The molecule has 0 aliphatic rings. The second-order valence-corrected chi connectivity index (χ2v) is 4.28. The van der Waals surface area contributed by atoms with Crippen molar-refractivity contribution in [2.45, 2.75) is 0 Å². The quantitative estimate of drug-likeness (QED) is 0.818. The Hall–Kier alpha value is -2.56. The summed E-state index contributed by atoms with van der Waals surface area (Å²) in [5, 5.41) is 10.8. The van der Waals surface area contributed by atoms with E-state index in [1.54, 1.807) is 24.3 Å². The molecule has 0 fully saturated rings. The van der Waals surface area contributed by atoms with Crippen LogP contribution in [-0.2, 0) is 4.79 Å². The smallest absolute Gasteiger partial charge is 0.323 e. The molecular weight excluding hydrogens is 256 g/mol. The summed E-state index contributed by atoms with van der Waals surface area (Å²) in [5.41, 5.74) is 0. The van der Waals surface area contributed by atoms with Gasteiger partial charge in [0.25, 0.3) is 0 Å². The Morgan fingerprint density at radius 1 is 1.50 bits per heavy atom. The fourth-order valence-corrected chi connectivity index (χ4v) is 2.06. The molecule has 0 bridgehead atoms. The summed E-state index contributed by atoms with van der Waals surface area (Å²) in [7, 11) is 1.61. The van der Waals surface area contributed by atoms with E-state index in [4.69, 9.17) is 9.84 Å². The maximum atomic E-state index is 11.0. The van der Waals surface area contributed by atoms with Gasteiger partial charge in [-0.1, -0.05) is 6.08 Å². The van der Waals surface area contributed by atoms with Crippen molar-refractivity contribution in [1.29, 1.82) is 0 Å². The van der Waals surface area contributed by atoms with Crippen molar-refractivity contribution >= 4 is 22.6 Å². The van der Waals surface area contributed by atoms with Gasteiger partial charge in [-0.3, -0.25) is 4.79 Å². The Bertz CT molecular complexity index is 640. The molecule has 0 aliphatic heterocycles. The number of aliphatic carboxylic acids is 1. The number of carboxylic acid groups (broad SMARTS) is 1. The fourth-order valence-electron chi connectivity index (χ4n) is 2.06. The van der Waals surface area contributed by atoms with Crippen LogP contribution in [0, 0.1) is 0 Å². The molecule has 20 heavy (non-hydrogen) atoms. The van der Waals surface area contributed by atoms with Gasteiger partial charge in [-0.15, -0.1) is 6.58 Å². The maximum absolute atomic E-state index is 11.0. The number of carbonyl (C=O) groups is 1. The lowest BCUT2D eigenvalue weighted by molar-refractivity contribution is -0.135. The monoisotopic (exact) mass is 272 g/mol. The average Bonchev–Trinajstić information content (AvgIpc) is 2.45. The van der Waals surface area contributed by atoms with Crippen molar-refractivity contribution in [3.05, 3.63) is 43.1 Å². The van der Waals surface area contributed by atoms with Gasteiger partial charge in [0.2, 0.25) is 0 Å². The van der Waals surface area contributed by atoms with Crippen molar-refractivity contribution in [1.82, 2.24) is 4.98 Å². The second-order valence-electron chi connectivity index (χ2n) is 4.28. The predicted octanol–water partition coefficient (Wildman–Crippen LogP) is 2.32. The lowest BCUT2D eigenvalue weighted by Crippen LogP contribution is -2.30. The molecular formula is C15H16N2O3. The van der Waals surface area contributed by atoms with E-state index in [2.05, 4.69) is 11.6 Å². The second kappa shape index (κ2) is 6.06. The Balaban J connectivity index is 2.51. The number of rotatable bonds is 6. The summed E-state index contributed by atoms with van der Waals surface area (Å²) in [5.74, 6) is 0.481. The lowest BCUT2D eigenvalue weighted by Gasteiger charge is -2.21. The zero-order valence-electron chi connectivity index (χ0n) is 11.2. The van der Waals surface area contributed by atoms with Gasteiger partial charge < -0.3 is 14.7 Å². The molecule has 0 amide bonds. The lowest BCUT2D eigenvalue weighted by atomic mass is 10.1. The maximum Gasteiger partial charge on any atom is 0.323 e. The first kappa shape index (κ1) is 13.9. The molecule has 1 aromatic heterocycles. The van der Waals surface area contributed by atoms with Crippen LogP contribution in [0.25, 0.3) is 10.8 Å². The summed E-state index contributed by atoms with van der Waals surface area (Å²) >= 11 is 0. The van der Waals surface area contributed by atoms with Gasteiger partial charge in [0.05, 0.1) is 7.11 Å². The molecule has 2 rings (SSSR count). The van der Waals surface area contributed by atoms with Crippen LogP contribution < -0.4 is 9.64 Å². The van der Waals surface area contributed by atoms with Crippen molar-refractivity contribution in [2.75, 3.05) is 25.1 Å². The van der Waals surface area contributed by atoms with Crippen LogP contribution >= 0.6 is 0 Å². The van der Waals surface area contributed by atoms with E-state index in [-0.39, 0.29) is 6.54 Å². The van der Waals surface area contributed by atoms with Crippen LogP contribution in [-0.4, -0.2) is 36.3 Å². The normalized spacial score (nSPS) is 10.2. The Kier molecular flexibility index (Phi) is 4.20. The molecule has 0 spiro atoms. The van der Waals surface area contributed by atoms with Crippen LogP contribution in [0.1, 0.15) is 0 Å². The minimum absolute atomic E-state index is 0.121. The third-order valence-electron chi connectivity index (χ3n) is 2.93. The largest absolute Gasteiger partial charge is 0.497 e. The van der Waals surface area contributed by atoms with E-state index >= 15 is 0 Å². The molecule has 1 heterocycles. The third-order valence-corrected chi connectivity index (χ3v) is 2.93. The minimum Gasteiger partial charge on any atom is -0.497 e. The van der Waals surface area contributed by atoms with Crippen molar-refractivity contribution in [3.8, 4) is 5.75 Å². The topological polar surface area (TPSA) is 62.7 Å². The van der Waals surface area contributed by atoms with Gasteiger partial charge >= 0.3 is 5.97 Å². The van der Waals surface area contributed by atoms with E-state index < -0.39 is 5.97 Å². The van der Waals surface area contributed by atoms with Crippen LogP contribution in [0.4, 0.5) is 5.82 Å². The first-order chi connectivity index (χ1) is 9.65. The van der Waals surface area contributed by atoms with Crippen molar-refractivity contribution in [3.63, 3.8) is 0 Å². The third kappa shape index (κ3) is 2.88. The molecule has 5 nitrogen and oxygen atoms in total. The van der Waals surface area contributed by atoms with Crippen LogP contribution in [0.3, 0.4) is 0 Å². The highest BCUT2D eigenvalue weighted by atomic mass is 16.5. The predicted molar refractivity (Wildman–Crippen MR) is 78.3 cm³/mol. The van der Waals surface area contributed by atoms with Gasteiger partial charge in [-0.05, 0) is 29.7 Å². The molecule has 0 saturated heterocycles. The van der Waals surface area contributed by atoms with E-state index in [9.17, 15) is 4.79 Å². The summed E-state index contributed by atoms with van der Waals surface area (Å²) in [6.07, 6.45) is 3.32. The van der Waals surface area contributed by atoms with E-state index in [1.165, 1.54) is 0 Å². The molecule has 5 heteroatoms. The zero-order chi connectivity index (χ0) is 14.5. The van der Waals surface area contributed by atoms with Crippen molar-refractivity contribution in [2.24, 2.45) is 0 Å². The average molecular weight is 272 g/mol. The standard InChI is InChI=1S/C15H16N2O3/c1-3-8-17(10-14(18)19)15-13-5-4-12(20-2)9-11(13)6-7-16-15/h3-7,9H,1,8,10H2,2H3,(H,18,19). The number of nitrogens with zero attached hydrogens (tertiary/aromatic N) is 2. The zero-order valence-corrected chi connectivity index (χ0v) is 11.2. The number of benzene rings is 1. The summed E-state index contributed by atoms with van der Waals surface area (Å²) in [6, 6.07) is 7.48. The number of pyridine rings is 1. The van der Waals surface area contributed by atoms with Gasteiger partial charge in [0.15, 0.2) is 0 Å². The Morgan fingerprint density at radius 3 is 2.95 bits per heavy atom. The highest BCUT2D eigenvalue weighted by Gasteiger charge is 2.13. The highest BCUT2D eigenvalue weighted by molar-refractivity contribution is 5.94. The number of methoxy groups -OCH3 is 1. The summed E-state index contributed by atoms with van der Waals surface area (Å²) in [4.78, 5) is 16.9. The molecule has 1 N–H and O–H groups in total. The molecule has 0 saturated carbocycles. The molecule has 104 valence electrons. The minimum atomic E-state index is -0.904. The number of hydrogen-bond acceptors (Lipinski definition) is 4. The first-order valence-corrected chi connectivity index (χ1v) is 6.16. The number of anilines is 1. The number of hydrogen-bond donors (Lipinski definition) is 1. The summed E-state index contributed by atoms with van der Waals surface area (Å²) in [6.45, 7) is 3.96. The number of fused-ring (bicyclic) bond motifs is 1. The van der Waals surface area contributed by atoms with Gasteiger partial charge in [0, 0.05) is 18.1 Å². The van der Waals surface area contributed by atoms with Gasteiger partial charge in [0.1, 0.15) is 18.1 Å². The van der Waals surface area contributed by atoms with Crippen molar-refractivity contribution < 1.29 is 14.6 Å². The van der Waals surface area contributed by atoms with E-state index in [0.717, 1.165) is 16.5 Å². The molecule has 0 unspecified atom stereocenters. The Morgan fingerprint density at radius 2 is 2.30 bits per heavy atom. The van der Waals surface area contributed by atoms with Gasteiger partial charge in [-0.2, -0.15) is 0 Å². The molecule has 0 atom stereocenters. The number of aromatic nitrogens is 1. The van der Waals surface area contributed by atoms with Gasteiger partial charge in [-0.25, -0.2) is 4.98 Å². The molecule has 0 radical (unpaired) electrons. The van der Waals surface area contributed by atoms with Crippen LogP contribution in [0.15, 0.2) is 43.1 Å². The van der Waals surface area contributed by atoms with Crippen LogP contribution in [0.5, 0.6) is 5.75 Å². The SMILES string of the molecule is C=CCN(CC(=O)O)c1nccc2cc(OC)ccc12. The molecule has 2 aromatic rings. The fraction of sp³-hybridized carbons (Fsp3) is 0.200. The first-order valence-electron chi connectivity index (χ1n) is 6.16. The Labute approximate surface area is 117 Å². The summed E-state index contributed by atoms with van der Waals surface area (Å²) < 4.78 is 5.19.